The standard InChI is InChI=1S/C19H17ClN4O2/c20-16-5-3-13(4-6-16)9-18(25)24-11-14(12-24)8-17-22-19(23-26-17)15-2-1-7-21-10-15/h1-7,10,14H,8-9,11-12H2. The first kappa shape index (κ1) is 16.7. The SMILES string of the molecule is O=C(Cc1ccc(Cl)cc1)N1CC(Cc2nc(-c3cccnc3)no2)C1. The van der Waals surface area contributed by atoms with E-state index in [-0.39, 0.29) is 5.91 Å². The fourth-order valence-corrected chi connectivity index (χ4v) is 3.11. The highest BCUT2D eigenvalue weighted by Crippen LogP contribution is 2.22. The first-order valence-corrected chi connectivity index (χ1v) is 8.80. The highest BCUT2D eigenvalue weighted by molar-refractivity contribution is 6.30. The Labute approximate surface area is 155 Å². The van der Waals surface area contributed by atoms with E-state index >= 15 is 0 Å². The highest BCUT2D eigenvalue weighted by Gasteiger charge is 2.31. The van der Waals surface area contributed by atoms with Crippen molar-refractivity contribution in [2.75, 3.05) is 13.1 Å². The topological polar surface area (TPSA) is 72.1 Å². The second-order valence-electron chi connectivity index (χ2n) is 6.43. The van der Waals surface area contributed by atoms with Crippen LogP contribution in [0.1, 0.15) is 11.5 Å². The number of hydrogen-bond donors (Lipinski definition) is 0. The summed E-state index contributed by atoms with van der Waals surface area (Å²) in [5.41, 5.74) is 1.80. The molecule has 3 heterocycles. The molecule has 1 aromatic carbocycles. The molecular formula is C19H17ClN4O2. The van der Waals surface area contributed by atoms with Gasteiger partial charge in [-0.2, -0.15) is 4.98 Å². The number of nitrogens with zero attached hydrogens (tertiary/aromatic N) is 4. The van der Waals surface area contributed by atoms with Gasteiger partial charge in [-0.05, 0) is 29.8 Å². The third-order valence-electron chi connectivity index (χ3n) is 4.43. The molecular weight excluding hydrogens is 352 g/mol. The van der Waals surface area contributed by atoms with Crippen molar-refractivity contribution >= 4 is 17.5 Å². The molecule has 0 unspecified atom stereocenters. The van der Waals surface area contributed by atoms with Crippen molar-refractivity contribution in [3.63, 3.8) is 0 Å². The Morgan fingerprint density at radius 3 is 2.77 bits per heavy atom. The minimum absolute atomic E-state index is 0.130. The second kappa shape index (κ2) is 7.25. The highest BCUT2D eigenvalue weighted by atomic mass is 35.5. The predicted octanol–water partition coefficient (Wildman–Crippen LogP) is 3.03. The molecule has 0 saturated carbocycles. The van der Waals surface area contributed by atoms with Gasteiger partial charge in [0.2, 0.25) is 17.6 Å². The van der Waals surface area contributed by atoms with E-state index < -0.39 is 0 Å². The third-order valence-corrected chi connectivity index (χ3v) is 4.68. The number of hydrogen-bond acceptors (Lipinski definition) is 5. The molecule has 3 aromatic rings. The number of carbonyl (C=O) groups excluding carboxylic acids is 1. The van der Waals surface area contributed by atoms with Crippen molar-refractivity contribution in [2.24, 2.45) is 5.92 Å². The third kappa shape index (κ3) is 3.75. The van der Waals surface area contributed by atoms with E-state index in [1.54, 1.807) is 24.5 Å². The molecule has 4 rings (SSSR count). The molecule has 132 valence electrons. The van der Waals surface area contributed by atoms with E-state index in [0.29, 0.717) is 35.5 Å². The summed E-state index contributed by atoms with van der Waals surface area (Å²) >= 11 is 5.87. The van der Waals surface area contributed by atoms with E-state index in [2.05, 4.69) is 15.1 Å². The van der Waals surface area contributed by atoms with Crippen LogP contribution in [0, 0.1) is 5.92 Å². The summed E-state index contributed by atoms with van der Waals surface area (Å²) in [4.78, 5) is 22.6. The lowest BCUT2D eigenvalue weighted by molar-refractivity contribution is -0.136. The molecule has 6 nitrogen and oxygen atoms in total. The van der Waals surface area contributed by atoms with E-state index in [0.717, 1.165) is 24.2 Å². The van der Waals surface area contributed by atoms with Gasteiger partial charge in [-0.1, -0.05) is 28.9 Å². The maximum atomic E-state index is 12.3. The summed E-state index contributed by atoms with van der Waals surface area (Å²) in [7, 11) is 0. The van der Waals surface area contributed by atoms with Gasteiger partial charge in [0.15, 0.2) is 0 Å². The number of rotatable bonds is 5. The molecule has 1 fully saturated rings. The van der Waals surface area contributed by atoms with E-state index in [1.807, 2.05) is 29.2 Å². The molecule has 2 aromatic heterocycles. The van der Waals surface area contributed by atoms with E-state index in [9.17, 15) is 4.79 Å². The lowest BCUT2D eigenvalue weighted by Crippen LogP contribution is -2.51. The smallest absolute Gasteiger partial charge is 0.227 e. The first-order valence-electron chi connectivity index (χ1n) is 8.42. The average molecular weight is 369 g/mol. The first-order chi connectivity index (χ1) is 12.7. The Morgan fingerprint density at radius 1 is 1.23 bits per heavy atom. The largest absolute Gasteiger partial charge is 0.342 e. The number of halogens is 1. The van der Waals surface area contributed by atoms with Gasteiger partial charge in [0.25, 0.3) is 0 Å². The van der Waals surface area contributed by atoms with Crippen LogP contribution in [0.25, 0.3) is 11.4 Å². The van der Waals surface area contributed by atoms with Gasteiger partial charge in [0.05, 0.1) is 6.42 Å². The second-order valence-corrected chi connectivity index (χ2v) is 6.86. The van der Waals surface area contributed by atoms with Crippen LogP contribution in [0.5, 0.6) is 0 Å². The molecule has 1 aliphatic rings. The fraction of sp³-hybridized carbons (Fsp3) is 0.263. The van der Waals surface area contributed by atoms with Crippen molar-refractivity contribution in [3.05, 3.63) is 65.3 Å². The average Bonchev–Trinajstić information content (AvgIpc) is 3.09. The minimum atomic E-state index is 0.130. The molecule has 1 saturated heterocycles. The van der Waals surface area contributed by atoms with Crippen molar-refractivity contribution in [1.29, 1.82) is 0 Å². The van der Waals surface area contributed by atoms with Gasteiger partial charge in [-0.3, -0.25) is 9.78 Å². The monoisotopic (exact) mass is 368 g/mol. The Bertz CT molecular complexity index is 889. The number of amides is 1. The van der Waals surface area contributed by atoms with Gasteiger partial charge >= 0.3 is 0 Å². The summed E-state index contributed by atoms with van der Waals surface area (Å²) in [6, 6.07) is 11.1. The van der Waals surface area contributed by atoms with Crippen LogP contribution >= 0.6 is 11.6 Å². The molecule has 1 amide bonds. The lowest BCUT2D eigenvalue weighted by atomic mass is 9.95. The lowest BCUT2D eigenvalue weighted by Gasteiger charge is -2.38. The number of aromatic nitrogens is 3. The summed E-state index contributed by atoms with van der Waals surface area (Å²) in [5, 5.41) is 4.67. The van der Waals surface area contributed by atoms with Gasteiger partial charge in [0, 0.05) is 48.4 Å². The Balaban J connectivity index is 1.28. The zero-order valence-corrected chi connectivity index (χ0v) is 14.8. The normalized spacial score (nSPS) is 14.3. The van der Waals surface area contributed by atoms with E-state index in [4.69, 9.17) is 16.1 Å². The van der Waals surface area contributed by atoms with Crippen LogP contribution in [-0.4, -0.2) is 39.0 Å². The minimum Gasteiger partial charge on any atom is -0.342 e. The zero-order chi connectivity index (χ0) is 17.9. The van der Waals surface area contributed by atoms with Crippen LogP contribution in [0.15, 0.2) is 53.3 Å². The fourth-order valence-electron chi connectivity index (χ4n) is 2.99. The number of carbonyl (C=O) groups is 1. The van der Waals surface area contributed by atoms with Crippen LogP contribution in [-0.2, 0) is 17.6 Å². The van der Waals surface area contributed by atoms with Gasteiger partial charge in [0.1, 0.15) is 0 Å². The van der Waals surface area contributed by atoms with Crippen LogP contribution < -0.4 is 0 Å². The summed E-state index contributed by atoms with van der Waals surface area (Å²) in [6.45, 7) is 1.44. The quantitative estimate of drug-likeness (QED) is 0.692. The summed E-state index contributed by atoms with van der Waals surface area (Å²) in [6.07, 6.45) is 4.48. The van der Waals surface area contributed by atoms with E-state index in [1.165, 1.54) is 0 Å². The van der Waals surface area contributed by atoms with Crippen molar-refractivity contribution in [2.45, 2.75) is 12.8 Å². The molecule has 0 aliphatic carbocycles. The Kier molecular flexibility index (Phi) is 4.67. The number of benzene rings is 1. The van der Waals surface area contributed by atoms with Gasteiger partial charge in [-0.15, -0.1) is 0 Å². The van der Waals surface area contributed by atoms with Gasteiger partial charge < -0.3 is 9.42 Å². The predicted molar refractivity (Wildman–Crippen MR) is 96.5 cm³/mol. The summed E-state index contributed by atoms with van der Waals surface area (Å²) in [5.74, 6) is 1.62. The molecule has 26 heavy (non-hydrogen) atoms. The maximum Gasteiger partial charge on any atom is 0.227 e. The van der Waals surface area contributed by atoms with Crippen LogP contribution in [0.4, 0.5) is 0 Å². The molecule has 1 aliphatic heterocycles. The van der Waals surface area contributed by atoms with Crippen molar-refractivity contribution < 1.29 is 9.32 Å². The molecule has 0 radical (unpaired) electrons. The van der Waals surface area contributed by atoms with Crippen molar-refractivity contribution in [3.8, 4) is 11.4 Å². The summed E-state index contributed by atoms with van der Waals surface area (Å²) < 4.78 is 5.32. The van der Waals surface area contributed by atoms with Gasteiger partial charge in [-0.25, -0.2) is 0 Å². The van der Waals surface area contributed by atoms with Crippen LogP contribution in [0.3, 0.4) is 0 Å². The molecule has 0 N–H and O–H groups in total. The maximum absolute atomic E-state index is 12.3. The molecule has 0 bridgehead atoms. The molecule has 0 atom stereocenters. The zero-order valence-electron chi connectivity index (χ0n) is 14.0. The Morgan fingerprint density at radius 2 is 2.04 bits per heavy atom. The molecule has 0 spiro atoms. The Hall–Kier alpha value is -2.73. The number of likely N-dealkylation sites (tertiary alicyclic amines) is 1. The molecule has 7 heteroatoms. The van der Waals surface area contributed by atoms with Crippen LogP contribution in [0.2, 0.25) is 5.02 Å². The van der Waals surface area contributed by atoms with Crippen molar-refractivity contribution in [1.82, 2.24) is 20.0 Å². The number of pyridine rings is 1.